The number of ether oxygens (including phenoxy) is 3. The van der Waals surface area contributed by atoms with Crippen molar-refractivity contribution in [1.29, 1.82) is 0 Å². The summed E-state index contributed by atoms with van der Waals surface area (Å²) in [4.78, 5) is 38.1. The van der Waals surface area contributed by atoms with Gasteiger partial charge in [-0.1, -0.05) is 230 Å². The Morgan fingerprint density at radius 3 is 0.881 bits per heavy atom. The number of rotatable bonds is 53. The highest BCUT2D eigenvalue weighted by Crippen LogP contribution is 2.15. The molecular formula is C61H110O6. The van der Waals surface area contributed by atoms with Gasteiger partial charge in [-0.05, 0) is 103 Å². The van der Waals surface area contributed by atoms with Crippen LogP contribution in [0.5, 0.6) is 0 Å². The predicted octanol–water partition coefficient (Wildman–Crippen LogP) is 19.4. The van der Waals surface area contributed by atoms with Gasteiger partial charge in [0.15, 0.2) is 6.10 Å². The highest BCUT2D eigenvalue weighted by atomic mass is 16.6. The van der Waals surface area contributed by atoms with Gasteiger partial charge in [0, 0.05) is 19.3 Å². The fourth-order valence-electron chi connectivity index (χ4n) is 8.35. The fraction of sp³-hybridized carbons (Fsp3) is 0.820. The van der Waals surface area contributed by atoms with Gasteiger partial charge in [-0.2, -0.15) is 0 Å². The standard InChI is InChI=1S/C61H110O6/c1-4-7-10-13-16-19-22-25-27-29-30-32-33-36-39-42-45-48-51-54-60(63)66-57-58(56-65-59(62)53-50-47-44-41-38-35-24-21-18-15-12-9-6-3)67-61(64)55-52-49-46-43-40-37-34-31-28-26-23-20-17-14-11-8-5-2/h17,20,26,28-30,35,38,58H,4-16,18-19,21-25,27,31-34,36-37,39-57H2,1-3H3/b20-17-,28-26-,30-29-,38-35-. The largest absolute Gasteiger partial charge is 0.462 e. The number of carbonyl (C=O) groups is 3. The third kappa shape index (κ3) is 54.2. The lowest BCUT2D eigenvalue weighted by molar-refractivity contribution is -0.167. The van der Waals surface area contributed by atoms with Crippen molar-refractivity contribution in [3.8, 4) is 0 Å². The molecule has 0 N–H and O–H groups in total. The van der Waals surface area contributed by atoms with Gasteiger partial charge in [-0.15, -0.1) is 0 Å². The summed E-state index contributed by atoms with van der Waals surface area (Å²) in [5.74, 6) is -0.898. The maximum atomic E-state index is 12.8. The molecule has 0 rings (SSSR count). The van der Waals surface area contributed by atoms with Crippen LogP contribution < -0.4 is 0 Å². The molecule has 0 aliphatic rings. The summed E-state index contributed by atoms with van der Waals surface area (Å²) in [6, 6.07) is 0. The van der Waals surface area contributed by atoms with Crippen LogP contribution in [0.4, 0.5) is 0 Å². The van der Waals surface area contributed by atoms with Gasteiger partial charge < -0.3 is 14.2 Å². The minimum Gasteiger partial charge on any atom is -0.462 e. The predicted molar refractivity (Wildman–Crippen MR) is 289 cm³/mol. The molecule has 0 aromatic heterocycles. The molecule has 0 saturated heterocycles. The minimum atomic E-state index is -0.784. The Bertz CT molecular complexity index is 1170. The zero-order valence-electron chi connectivity index (χ0n) is 44.7. The lowest BCUT2D eigenvalue weighted by Gasteiger charge is -2.18. The van der Waals surface area contributed by atoms with Crippen LogP contribution in [0.25, 0.3) is 0 Å². The molecule has 0 aromatic carbocycles. The summed E-state index contributed by atoms with van der Waals surface area (Å²) in [5, 5.41) is 0. The van der Waals surface area contributed by atoms with Crippen LogP contribution in [-0.4, -0.2) is 37.2 Å². The summed E-state index contributed by atoms with van der Waals surface area (Å²) >= 11 is 0. The SMILES string of the molecule is CCCCC/C=C\C/C=C\CCCCCCCCCC(=O)OC(COC(=O)CCCCC/C=C\CCCCCCCC)COC(=O)CCCCCCCCC/C=C\CCCCCCCCCC. The third-order valence-electron chi connectivity index (χ3n) is 12.8. The maximum Gasteiger partial charge on any atom is 0.306 e. The minimum absolute atomic E-state index is 0.0819. The molecule has 0 heterocycles. The van der Waals surface area contributed by atoms with Gasteiger partial charge in [0.1, 0.15) is 13.2 Å². The van der Waals surface area contributed by atoms with Crippen molar-refractivity contribution in [2.45, 2.75) is 309 Å². The van der Waals surface area contributed by atoms with Gasteiger partial charge in [0.05, 0.1) is 0 Å². The molecule has 390 valence electrons. The molecule has 1 atom stereocenters. The van der Waals surface area contributed by atoms with Crippen molar-refractivity contribution >= 4 is 17.9 Å². The van der Waals surface area contributed by atoms with Crippen molar-refractivity contribution in [2.24, 2.45) is 0 Å². The highest BCUT2D eigenvalue weighted by Gasteiger charge is 2.19. The van der Waals surface area contributed by atoms with Crippen LogP contribution >= 0.6 is 0 Å². The number of hydrogen-bond donors (Lipinski definition) is 0. The first-order valence-corrected chi connectivity index (χ1v) is 29.1. The van der Waals surface area contributed by atoms with Gasteiger partial charge in [0.25, 0.3) is 0 Å². The first-order valence-electron chi connectivity index (χ1n) is 29.1. The summed E-state index contributed by atoms with van der Waals surface area (Å²) in [6.07, 6.45) is 68.1. The summed E-state index contributed by atoms with van der Waals surface area (Å²) in [6.45, 7) is 6.61. The summed E-state index contributed by atoms with van der Waals surface area (Å²) < 4.78 is 16.9. The van der Waals surface area contributed by atoms with Crippen molar-refractivity contribution in [3.05, 3.63) is 48.6 Å². The third-order valence-corrected chi connectivity index (χ3v) is 12.8. The van der Waals surface area contributed by atoms with Gasteiger partial charge >= 0.3 is 17.9 Å². The van der Waals surface area contributed by atoms with E-state index >= 15 is 0 Å². The van der Waals surface area contributed by atoms with E-state index in [0.29, 0.717) is 19.3 Å². The van der Waals surface area contributed by atoms with Gasteiger partial charge in [-0.25, -0.2) is 0 Å². The lowest BCUT2D eigenvalue weighted by atomic mass is 10.1. The average molecular weight is 940 g/mol. The number of carbonyl (C=O) groups excluding carboxylic acids is 3. The molecule has 0 bridgehead atoms. The zero-order chi connectivity index (χ0) is 48.6. The molecule has 0 amide bonds. The Hall–Kier alpha value is -2.63. The topological polar surface area (TPSA) is 78.9 Å². The highest BCUT2D eigenvalue weighted by molar-refractivity contribution is 5.71. The van der Waals surface area contributed by atoms with E-state index in [1.165, 1.54) is 180 Å². The second-order valence-electron chi connectivity index (χ2n) is 19.5. The molecule has 67 heavy (non-hydrogen) atoms. The van der Waals surface area contributed by atoms with E-state index in [1.807, 2.05) is 0 Å². The van der Waals surface area contributed by atoms with E-state index < -0.39 is 6.10 Å². The van der Waals surface area contributed by atoms with E-state index in [4.69, 9.17) is 14.2 Å². The second kappa shape index (κ2) is 56.0. The van der Waals surface area contributed by atoms with Crippen molar-refractivity contribution < 1.29 is 28.6 Å². The number of hydrogen-bond acceptors (Lipinski definition) is 6. The van der Waals surface area contributed by atoms with Crippen LogP contribution in [0.3, 0.4) is 0 Å². The molecular weight excluding hydrogens is 829 g/mol. The molecule has 0 fully saturated rings. The van der Waals surface area contributed by atoms with Crippen LogP contribution in [0.15, 0.2) is 48.6 Å². The molecule has 6 heteroatoms. The first kappa shape index (κ1) is 64.4. The van der Waals surface area contributed by atoms with Crippen LogP contribution in [-0.2, 0) is 28.6 Å². The maximum absolute atomic E-state index is 12.8. The Labute approximate surface area is 416 Å². The van der Waals surface area contributed by atoms with Crippen molar-refractivity contribution in [3.63, 3.8) is 0 Å². The Balaban J connectivity index is 4.37. The van der Waals surface area contributed by atoms with E-state index in [2.05, 4.69) is 69.4 Å². The second-order valence-corrected chi connectivity index (χ2v) is 19.5. The smallest absolute Gasteiger partial charge is 0.306 e. The molecule has 1 unspecified atom stereocenters. The molecule has 0 aromatic rings. The Morgan fingerprint density at radius 1 is 0.299 bits per heavy atom. The molecule has 0 saturated carbocycles. The quantitative estimate of drug-likeness (QED) is 0.0262. The molecule has 0 aliphatic carbocycles. The molecule has 6 nitrogen and oxygen atoms in total. The lowest BCUT2D eigenvalue weighted by Crippen LogP contribution is -2.30. The molecule has 0 spiro atoms. The number of unbranched alkanes of at least 4 members (excludes halogenated alkanes) is 34. The number of esters is 3. The monoisotopic (exact) mass is 939 g/mol. The van der Waals surface area contributed by atoms with E-state index in [0.717, 1.165) is 83.5 Å². The van der Waals surface area contributed by atoms with E-state index in [1.54, 1.807) is 0 Å². The normalized spacial score (nSPS) is 12.3. The average Bonchev–Trinajstić information content (AvgIpc) is 3.33. The zero-order valence-corrected chi connectivity index (χ0v) is 44.7. The van der Waals surface area contributed by atoms with Crippen LogP contribution in [0, 0.1) is 0 Å². The molecule has 0 radical (unpaired) electrons. The van der Waals surface area contributed by atoms with Gasteiger partial charge in [0.2, 0.25) is 0 Å². The fourth-order valence-corrected chi connectivity index (χ4v) is 8.35. The summed E-state index contributed by atoms with van der Waals surface area (Å²) in [7, 11) is 0. The summed E-state index contributed by atoms with van der Waals surface area (Å²) in [5.41, 5.74) is 0. The Kier molecular flexibility index (Phi) is 53.8. The van der Waals surface area contributed by atoms with Crippen molar-refractivity contribution in [1.82, 2.24) is 0 Å². The van der Waals surface area contributed by atoms with Gasteiger partial charge in [-0.3, -0.25) is 14.4 Å². The van der Waals surface area contributed by atoms with E-state index in [-0.39, 0.29) is 31.1 Å². The first-order chi connectivity index (χ1) is 33.0. The van der Waals surface area contributed by atoms with Crippen LogP contribution in [0.2, 0.25) is 0 Å². The van der Waals surface area contributed by atoms with E-state index in [9.17, 15) is 14.4 Å². The Morgan fingerprint density at radius 2 is 0.537 bits per heavy atom. The van der Waals surface area contributed by atoms with Crippen molar-refractivity contribution in [2.75, 3.05) is 13.2 Å². The number of allylic oxidation sites excluding steroid dienone is 8. The van der Waals surface area contributed by atoms with Crippen LogP contribution in [0.1, 0.15) is 303 Å². The molecule has 0 aliphatic heterocycles.